The van der Waals surface area contributed by atoms with Gasteiger partial charge in [-0.15, -0.1) is 0 Å². The third-order valence-corrected chi connectivity index (χ3v) is 2.80. The molecule has 0 spiro atoms. The van der Waals surface area contributed by atoms with Crippen LogP contribution >= 0.6 is 0 Å². The lowest BCUT2D eigenvalue weighted by Gasteiger charge is -2.11. The monoisotopic (exact) mass is 158 g/mol. The Balaban J connectivity index is 1.97. The average Bonchev–Trinajstić information content (AvgIpc) is 2.74. The van der Waals surface area contributed by atoms with Gasteiger partial charge in [0.1, 0.15) is 6.10 Å². The van der Waals surface area contributed by atoms with Crippen LogP contribution in [0.3, 0.4) is 0 Å². The molecule has 2 radical (unpaired) electrons. The zero-order valence-corrected chi connectivity index (χ0v) is 7.59. The quantitative estimate of drug-likeness (QED) is 0.438. The number of hydrogen-bond donors (Lipinski definition) is 0. The van der Waals surface area contributed by atoms with E-state index >= 15 is 0 Å². The van der Waals surface area contributed by atoms with Crippen LogP contribution in [-0.2, 0) is 9.47 Å². The molecule has 0 aromatic carbocycles. The molecule has 2 unspecified atom stereocenters. The maximum atomic E-state index is 5.55. The highest BCUT2D eigenvalue weighted by Crippen LogP contribution is 2.10. The molecule has 0 bridgehead atoms. The van der Waals surface area contributed by atoms with Gasteiger partial charge in [-0.3, -0.25) is 0 Å². The first-order valence-corrected chi connectivity index (χ1v) is 5.35. The molecule has 0 aromatic heterocycles. The van der Waals surface area contributed by atoms with Crippen LogP contribution in [0, 0.1) is 0 Å². The van der Waals surface area contributed by atoms with E-state index in [1.54, 1.807) is 0 Å². The Labute approximate surface area is 64.7 Å². The summed E-state index contributed by atoms with van der Waals surface area (Å²) in [5.74, 6) is 0. The highest BCUT2D eigenvalue weighted by atomic mass is 28.2. The first-order chi connectivity index (χ1) is 4.86. The van der Waals surface area contributed by atoms with Crippen molar-refractivity contribution in [3.05, 3.63) is 0 Å². The van der Waals surface area contributed by atoms with Crippen molar-refractivity contribution in [2.45, 2.75) is 31.7 Å². The van der Waals surface area contributed by atoms with Crippen LogP contribution in [0.5, 0.6) is 0 Å². The van der Waals surface area contributed by atoms with Gasteiger partial charge in [0.05, 0.1) is 22.7 Å². The molecule has 1 saturated heterocycles. The predicted molar refractivity (Wildman–Crippen MR) is 41.4 cm³/mol. The summed E-state index contributed by atoms with van der Waals surface area (Å²) in [4.78, 5) is 0. The third-order valence-electron chi connectivity index (χ3n) is 1.58. The highest BCUT2D eigenvalue weighted by Gasteiger charge is 2.23. The van der Waals surface area contributed by atoms with Crippen molar-refractivity contribution in [2.24, 2.45) is 0 Å². The topological polar surface area (TPSA) is 21.8 Å². The number of hydrogen-bond acceptors (Lipinski definition) is 2. The van der Waals surface area contributed by atoms with Crippen LogP contribution < -0.4 is 0 Å². The van der Waals surface area contributed by atoms with Gasteiger partial charge in [0.15, 0.2) is 0 Å². The summed E-state index contributed by atoms with van der Waals surface area (Å²) in [5.41, 5.74) is 0.476. The van der Waals surface area contributed by atoms with Crippen LogP contribution in [0.1, 0.15) is 13.3 Å². The van der Waals surface area contributed by atoms with Gasteiger partial charge in [0.2, 0.25) is 0 Å². The summed E-state index contributed by atoms with van der Waals surface area (Å²) >= 11 is 0. The zero-order chi connectivity index (χ0) is 7.40. The van der Waals surface area contributed by atoms with Crippen molar-refractivity contribution < 1.29 is 9.47 Å². The minimum absolute atomic E-state index is 0.422. The Morgan fingerprint density at radius 2 is 2.50 bits per heavy atom. The Morgan fingerprint density at radius 3 is 2.90 bits per heavy atom. The van der Waals surface area contributed by atoms with Crippen LogP contribution in [-0.4, -0.2) is 34.6 Å². The molecule has 1 rings (SSSR count). The van der Waals surface area contributed by atoms with Gasteiger partial charge in [-0.1, -0.05) is 13.5 Å². The molecule has 3 heteroatoms. The Morgan fingerprint density at radius 1 is 1.80 bits per heavy atom. The van der Waals surface area contributed by atoms with Crippen molar-refractivity contribution in [2.75, 3.05) is 13.2 Å². The lowest BCUT2D eigenvalue weighted by atomic mass is 10.5. The maximum Gasteiger partial charge on any atom is 0.104 e. The molecule has 1 fully saturated rings. The van der Waals surface area contributed by atoms with Crippen LogP contribution in [0.2, 0.25) is 6.55 Å². The summed E-state index contributed by atoms with van der Waals surface area (Å²) in [7, 11) is 0.898. The minimum Gasteiger partial charge on any atom is -0.379 e. The second-order valence-electron chi connectivity index (χ2n) is 2.47. The van der Waals surface area contributed by atoms with Crippen LogP contribution in [0.25, 0.3) is 0 Å². The van der Waals surface area contributed by atoms with Gasteiger partial charge in [0.25, 0.3) is 0 Å². The van der Waals surface area contributed by atoms with Crippen molar-refractivity contribution in [3.8, 4) is 0 Å². The molecule has 1 aliphatic heterocycles. The average molecular weight is 158 g/mol. The minimum atomic E-state index is 0.422. The van der Waals surface area contributed by atoms with E-state index < -0.39 is 0 Å². The van der Waals surface area contributed by atoms with E-state index in [-0.39, 0.29) is 0 Å². The normalized spacial score (nSPS) is 26.4. The molecule has 2 atom stereocenters. The fraction of sp³-hybridized carbons (Fsp3) is 1.00. The molecule has 0 N–H and O–H groups in total. The van der Waals surface area contributed by atoms with E-state index in [1.807, 2.05) is 0 Å². The SMILES string of the molecule is CCC(OCC1CO1)[Si]C. The van der Waals surface area contributed by atoms with Gasteiger partial charge in [-0.25, -0.2) is 0 Å². The molecule has 2 nitrogen and oxygen atoms in total. The Bertz CT molecular complexity index is 89.6. The highest BCUT2D eigenvalue weighted by molar-refractivity contribution is 6.35. The molecule has 0 aromatic rings. The lowest BCUT2D eigenvalue weighted by molar-refractivity contribution is 0.0879. The summed E-state index contributed by atoms with van der Waals surface area (Å²) in [6.07, 6.45) is 1.55. The molecule has 1 heterocycles. The van der Waals surface area contributed by atoms with E-state index in [0.717, 1.165) is 29.2 Å². The third kappa shape index (κ3) is 2.81. The smallest absolute Gasteiger partial charge is 0.104 e. The number of rotatable bonds is 5. The fourth-order valence-corrected chi connectivity index (χ4v) is 1.46. The molecule has 1 aliphatic rings. The van der Waals surface area contributed by atoms with Crippen LogP contribution in [0.15, 0.2) is 0 Å². The summed E-state index contributed by atoms with van der Waals surface area (Å²) in [6.45, 7) is 6.06. The Hall–Kier alpha value is 0.137. The van der Waals surface area contributed by atoms with E-state index in [9.17, 15) is 0 Å². The molecule has 10 heavy (non-hydrogen) atoms. The van der Waals surface area contributed by atoms with E-state index in [2.05, 4.69) is 13.5 Å². The molecule has 0 amide bonds. The van der Waals surface area contributed by atoms with Crippen molar-refractivity contribution in [3.63, 3.8) is 0 Å². The van der Waals surface area contributed by atoms with Gasteiger partial charge in [-0.2, -0.15) is 0 Å². The van der Waals surface area contributed by atoms with E-state index in [4.69, 9.17) is 9.47 Å². The maximum absolute atomic E-state index is 5.55. The van der Waals surface area contributed by atoms with Crippen LogP contribution in [0.4, 0.5) is 0 Å². The first-order valence-electron chi connectivity index (χ1n) is 3.77. The van der Waals surface area contributed by atoms with Crippen molar-refractivity contribution in [1.29, 1.82) is 0 Å². The molecular formula is C7H14O2Si. The summed E-state index contributed by atoms with van der Waals surface area (Å²) in [5, 5.41) is 0. The summed E-state index contributed by atoms with van der Waals surface area (Å²) in [6, 6.07) is 0. The number of ether oxygens (including phenoxy) is 2. The van der Waals surface area contributed by atoms with Gasteiger partial charge in [-0.05, 0) is 6.42 Å². The predicted octanol–water partition coefficient (Wildman–Crippen LogP) is 0.890. The van der Waals surface area contributed by atoms with E-state index in [0.29, 0.717) is 11.8 Å². The van der Waals surface area contributed by atoms with E-state index in [1.165, 1.54) is 0 Å². The lowest BCUT2D eigenvalue weighted by Crippen LogP contribution is -2.20. The molecule has 58 valence electrons. The van der Waals surface area contributed by atoms with Gasteiger partial charge >= 0.3 is 0 Å². The van der Waals surface area contributed by atoms with Gasteiger partial charge < -0.3 is 9.47 Å². The summed E-state index contributed by atoms with van der Waals surface area (Å²) < 4.78 is 10.6. The fourth-order valence-electron chi connectivity index (χ4n) is 0.793. The van der Waals surface area contributed by atoms with Gasteiger partial charge in [0, 0.05) is 5.73 Å². The Kier molecular flexibility index (Phi) is 3.38. The first kappa shape index (κ1) is 8.24. The molecule has 0 saturated carbocycles. The largest absolute Gasteiger partial charge is 0.379 e. The molecular weight excluding hydrogens is 144 g/mol. The molecule has 0 aliphatic carbocycles. The standard InChI is InChI=1S/C7H14O2Si/c1-3-7(10-2)9-5-6-4-8-6/h6-7H,3-5H2,1-2H3. The second-order valence-corrected chi connectivity index (χ2v) is 3.70. The second kappa shape index (κ2) is 4.11. The van der Waals surface area contributed by atoms with Crippen molar-refractivity contribution >= 4 is 9.52 Å². The zero-order valence-electron chi connectivity index (χ0n) is 6.59. The van der Waals surface area contributed by atoms with Crippen molar-refractivity contribution in [1.82, 2.24) is 0 Å². The number of epoxide rings is 1.